The first kappa shape index (κ1) is 20.9. The van der Waals surface area contributed by atoms with E-state index in [2.05, 4.69) is 16.1 Å². The minimum absolute atomic E-state index is 0.193. The number of carbonyl (C=O) groups excluding carboxylic acids is 2. The summed E-state index contributed by atoms with van der Waals surface area (Å²) in [5.41, 5.74) is 8.83. The fraction of sp³-hybridized carbons (Fsp3) is 0.348. The number of primary amides is 1. The van der Waals surface area contributed by atoms with Gasteiger partial charge in [0.2, 0.25) is 5.91 Å². The molecular formula is C23H27N5O3. The van der Waals surface area contributed by atoms with Crippen LogP contribution < -0.4 is 15.6 Å². The van der Waals surface area contributed by atoms with Crippen LogP contribution in [-0.2, 0) is 20.9 Å². The zero-order valence-electron chi connectivity index (χ0n) is 17.6. The number of hydrogen-bond donors (Lipinski definition) is 1. The third-order valence-corrected chi connectivity index (χ3v) is 5.60. The molecule has 1 fully saturated rings. The Morgan fingerprint density at radius 1 is 1.10 bits per heavy atom. The number of hydrogen-bond acceptors (Lipinski definition) is 6. The molecule has 2 aliphatic rings. The lowest BCUT2D eigenvalue weighted by molar-refractivity contribution is -0.123. The maximum Gasteiger partial charge on any atom is 0.270 e. The van der Waals surface area contributed by atoms with Crippen LogP contribution in [0.4, 0.5) is 11.4 Å². The standard InChI is InChI=1S/C23H27N5O3/c1-26(16-17-7-5-6-10-20(17)27-11-13-31-14-12-27)23(30)19-15-21(22(24)29)28(25-19)18-8-3-2-4-9-18/h2-10,21H,11-16H2,1H3,(H2,24,29). The van der Waals surface area contributed by atoms with Crippen molar-refractivity contribution in [3.05, 3.63) is 60.2 Å². The van der Waals surface area contributed by atoms with E-state index >= 15 is 0 Å². The second-order valence-corrected chi connectivity index (χ2v) is 7.74. The van der Waals surface area contributed by atoms with Gasteiger partial charge in [-0.15, -0.1) is 0 Å². The fourth-order valence-corrected chi connectivity index (χ4v) is 3.98. The highest BCUT2D eigenvalue weighted by atomic mass is 16.5. The summed E-state index contributed by atoms with van der Waals surface area (Å²) in [6.45, 7) is 3.49. The van der Waals surface area contributed by atoms with E-state index in [1.54, 1.807) is 17.0 Å². The summed E-state index contributed by atoms with van der Waals surface area (Å²) in [7, 11) is 1.76. The first-order valence-corrected chi connectivity index (χ1v) is 10.4. The summed E-state index contributed by atoms with van der Waals surface area (Å²) in [5.74, 6) is -0.711. The normalized spacial score (nSPS) is 18.6. The first-order valence-electron chi connectivity index (χ1n) is 10.4. The minimum atomic E-state index is -0.671. The molecule has 0 spiro atoms. The number of hydrazone groups is 1. The van der Waals surface area contributed by atoms with Gasteiger partial charge in [-0.25, -0.2) is 0 Å². The number of nitrogens with zero attached hydrogens (tertiary/aromatic N) is 4. The number of morpholine rings is 1. The largest absolute Gasteiger partial charge is 0.378 e. The lowest BCUT2D eigenvalue weighted by Crippen LogP contribution is -2.40. The summed E-state index contributed by atoms with van der Waals surface area (Å²) in [6, 6.07) is 16.7. The molecule has 2 heterocycles. The van der Waals surface area contributed by atoms with Crippen molar-refractivity contribution in [2.75, 3.05) is 43.3 Å². The monoisotopic (exact) mass is 421 g/mol. The number of para-hydroxylation sites is 2. The maximum atomic E-state index is 13.2. The molecule has 1 saturated heterocycles. The summed E-state index contributed by atoms with van der Waals surface area (Å²) >= 11 is 0. The van der Waals surface area contributed by atoms with Crippen molar-refractivity contribution in [1.82, 2.24) is 4.90 Å². The molecule has 162 valence electrons. The van der Waals surface area contributed by atoms with Crippen molar-refractivity contribution in [3.63, 3.8) is 0 Å². The van der Waals surface area contributed by atoms with E-state index in [4.69, 9.17) is 10.5 Å². The molecule has 4 rings (SSSR count). The molecule has 1 unspecified atom stereocenters. The molecule has 0 aromatic heterocycles. The van der Waals surface area contributed by atoms with E-state index in [-0.39, 0.29) is 12.3 Å². The summed E-state index contributed by atoms with van der Waals surface area (Å²) < 4.78 is 5.46. The minimum Gasteiger partial charge on any atom is -0.378 e. The van der Waals surface area contributed by atoms with Gasteiger partial charge in [0.1, 0.15) is 11.8 Å². The molecule has 0 saturated carbocycles. The van der Waals surface area contributed by atoms with Crippen LogP contribution in [0.2, 0.25) is 0 Å². The number of benzene rings is 2. The molecule has 8 nitrogen and oxygen atoms in total. The molecule has 2 aromatic rings. The van der Waals surface area contributed by atoms with Gasteiger partial charge in [0.25, 0.3) is 5.91 Å². The Balaban J connectivity index is 1.52. The zero-order chi connectivity index (χ0) is 21.8. The van der Waals surface area contributed by atoms with Crippen LogP contribution in [0, 0.1) is 0 Å². The van der Waals surface area contributed by atoms with Crippen LogP contribution in [0.1, 0.15) is 12.0 Å². The van der Waals surface area contributed by atoms with E-state index < -0.39 is 11.9 Å². The van der Waals surface area contributed by atoms with Gasteiger partial charge in [-0.05, 0) is 23.8 Å². The average Bonchev–Trinajstić information content (AvgIpc) is 3.26. The van der Waals surface area contributed by atoms with Crippen LogP contribution in [0.15, 0.2) is 59.7 Å². The number of carbonyl (C=O) groups is 2. The molecule has 31 heavy (non-hydrogen) atoms. The van der Waals surface area contributed by atoms with Gasteiger partial charge < -0.3 is 20.3 Å². The second kappa shape index (κ2) is 9.18. The van der Waals surface area contributed by atoms with Crippen molar-refractivity contribution in [1.29, 1.82) is 0 Å². The maximum absolute atomic E-state index is 13.2. The van der Waals surface area contributed by atoms with E-state index in [9.17, 15) is 9.59 Å². The highest BCUT2D eigenvalue weighted by Crippen LogP contribution is 2.26. The Kier molecular flexibility index (Phi) is 6.18. The Labute approximate surface area is 181 Å². The molecule has 1 atom stereocenters. The number of ether oxygens (including phenoxy) is 1. The lowest BCUT2D eigenvalue weighted by Gasteiger charge is -2.31. The van der Waals surface area contributed by atoms with Gasteiger partial charge in [0, 0.05) is 38.8 Å². The van der Waals surface area contributed by atoms with Gasteiger partial charge in [0.15, 0.2) is 0 Å². The molecule has 2 aliphatic heterocycles. The summed E-state index contributed by atoms with van der Waals surface area (Å²) in [4.78, 5) is 29.1. The average molecular weight is 422 g/mol. The van der Waals surface area contributed by atoms with Crippen molar-refractivity contribution in [3.8, 4) is 0 Å². The molecular weight excluding hydrogens is 394 g/mol. The third-order valence-electron chi connectivity index (χ3n) is 5.60. The predicted molar refractivity (Wildman–Crippen MR) is 120 cm³/mol. The van der Waals surface area contributed by atoms with Crippen LogP contribution in [0.3, 0.4) is 0 Å². The first-order chi connectivity index (χ1) is 15.0. The highest BCUT2D eigenvalue weighted by Gasteiger charge is 2.36. The molecule has 0 bridgehead atoms. The summed E-state index contributed by atoms with van der Waals surface area (Å²) in [6.07, 6.45) is 0.193. The Morgan fingerprint density at radius 3 is 2.48 bits per heavy atom. The van der Waals surface area contributed by atoms with E-state index in [1.165, 1.54) is 0 Å². The smallest absolute Gasteiger partial charge is 0.270 e. The molecule has 0 radical (unpaired) electrons. The Hall–Kier alpha value is -3.39. The van der Waals surface area contributed by atoms with Crippen molar-refractivity contribution in [2.24, 2.45) is 10.8 Å². The van der Waals surface area contributed by atoms with E-state index in [0.29, 0.717) is 25.5 Å². The number of anilines is 2. The third kappa shape index (κ3) is 4.54. The van der Waals surface area contributed by atoms with Crippen LogP contribution in [0.5, 0.6) is 0 Å². The zero-order valence-corrected chi connectivity index (χ0v) is 17.6. The van der Waals surface area contributed by atoms with Gasteiger partial charge in [-0.1, -0.05) is 36.4 Å². The number of amides is 2. The predicted octanol–water partition coefficient (Wildman–Crippen LogP) is 1.60. The topological polar surface area (TPSA) is 91.5 Å². The van der Waals surface area contributed by atoms with Gasteiger partial charge in [-0.2, -0.15) is 5.10 Å². The van der Waals surface area contributed by atoms with Gasteiger partial charge >= 0.3 is 0 Å². The Bertz CT molecular complexity index is 972. The Morgan fingerprint density at radius 2 is 1.77 bits per heavy atom. The fourth-order valence-electron chi connectivity index (χ4n) is 3.98. The second-order valence-electron chi connectivity index (χ2n) is 7.74. The van der Waals surface area contributed by atoms with Crippen molar-refractivity contribution in [2.45, 2.75) is 19.0 Å². The van der Waals surface area contributed by atoms with Crippen LogP contribution in [0.25, 0.3) is 0 Å². The lowest BCUT2D eigenvalue weighted by atomic mass is 10.1. The highest BCUT2D eigenvalue weighted by molar-refractivity contribution is 6.40. The summed E-state index contributed by atoms with van der Waals surface area (Å²) in [5, 5.41) is 6.01. The molecule has 8 heteroatoms. The number of nitrogens with two attached hydrogens (primary N) is 1. The van der Waals surface area contributed by atoms with E-state index in [1.807, 2.05) is 48.5 Å². The van der Waals surface area contributed by atoms with Crippen molar-refractivity contribution < 1.29 is 14.3 Å². The molecule has 2 aromatic carbocycles. The molecule has 2 amide bonds. The van der Waals surface area contributed by atoms with Crippen LogP contribution in [-0.4, -0.2) is 61.8 Å². The van der Waals surface area contributed by atoms with Crippen molar-refractivity contribution >= 4 is 28.9 Å². The SMILES string of the molecule is CN(Cc1ccccc1N1CCOCC1)C(=O)C1=NN(c2ccccc2)C(C(N)=O)C1. The number of rotatable bonds is 6. The van der Waals surface area contributed by atoms with Gasteiger partial charge in [0.05, 0.1) is 18.9 Å². The van der Waals surface area contributed by atoms with Crippen LogP contribution >= 0.6 is 0 Å². The van der Waals surface area contributed by atoms with Gasteiger partial charge in [-0.3, -0.25) is 14.6 Å². The molecule has 2 N–H and O–H groups in total. The quantitative estimate of drug-likeness (QED) is 0.765. The molecule has 0 aliphatic carbocycles. The van der Waals surface area contributed by atoms with E-state index in [0.717, 1.165) is 30.0 Å².